The van der Waals surface area contributed by atoms with Gasteiger partial charge in [-0.05, 0) is 12.3 Å². The van der Waals surface area contributed by atoms with Gasteiger partial charge in [-0.25, -0.2) is 9.79 Å². The van der Waals surface area contributed by atoms with Crippen LogP contribution in [0.4, 0.5) is 0 Å². The number of hydrogen-bond donors (Lipinski definition) is 3. The van der Waals surface area contributed by atoms with Crippen molar-refractivity contribution in [1.29, 1.82) is 0 Å². The normalized spacial score (nSPS) is 16.4. The third-order valence-corrected chi connectivity index (χ3v) is 1.50. The lowest BCUT2D eigenvalue weighted by molar-refractivity contribution is -0.138. The Labute approximate surface area is 70.8 Å². The summed E-state index contributed by atoms with van der Waals surface area (Å²) >= 11 is 0. The summed E-state index contributed by atoms with van der Waals surface area (Å²) in [6, 6.07) is -0.623. The van der Waals surface area contributed by atoms with Crippen LogP contribution in [0.3, 0.4) is 0 Å². The number of nitrogens with one attached hydrogen (secondary N) is 2. The van der Waals surface area contributed by atoms with Crippen LogP contribution in [0.5, 0.6) is 0 Å². The van der Waals surface area contributed by atoms with Gasteiger partial charge in [0, 0.05) is 0 Å². The van der Waals surface area contributed by atoms with Crippen molar-refractivity contribution in [2.75, 3.05) is 0 Å². The number of nitrogens with zero attached hydrogens (tertiary/aromatic N) is 1. The Hall–Kier alpha value is -1.26. The molecule has 0 spiro atoms. The lowest BCUT2D eigenvalue weighted by Gasteiger charge is -2.08. The molecule has 1 atom stereocenters. The van der Waals surface area contributed by atoms with Gasteiger partial charge in [0.2, 0.25) is 5.96 Å². The number of hydrogen-bond acceptors (Lipinski definition) is 2. The van der Waals surface area contributed by atoms with Crippen molar-refractivity contribution in [2.24, 2.45) is 10.9 Å². The van der Waals surface area contributed by atoms with E-state index in [0.29, 0.717) is 18.3 Å². The van der Waals surface area contributed by atoms with Crippen molar-refractivity contribution in [3.8, 4) is 0 Å². The summed E-state index contributed by atoms with van der Waals surface area (Å²) in [5.41, 5.74) is 5.26. The molecule has 68 valence electrons. The Bertz CT molecular complexity index is 207. The van der Waals surface area contributed by atoms with E-state index >= 15 is 0 Å². The number of aliphatic carboxylic acids is 1. The monoisotopic (exact) mass is 171 g/mol. The molecule has 0 aromatic heterocycles. The Morgan fingerprint density at radius 3 is 2.50 bits per heavy atom. The van der Waals surface area contributed by atoms with Gasteiger partial charge in [-0.2, -0.15) is 0 Å². The minimum atomic E-state index is -0.869. The molecule has 0 aliphatic carbocycles. The van der Waals surface area contributed by atoms with E-state index in [2.05, 4.69) is 15.8 Å². The van der Waals surface area contributed by atoms with Crippen LogP contribution < -0.4 is 10.9 Å². The number of carboxylic acid groups (broad SMARTS) is 1. The highest BCUT2D eigenvalue weighted by Crippen LogP contribution is 2.08. The summed E-state index contributed by atoms with van der Waals surface area (Å²) in [5.74, 6) is 0.0453. The molecule has 1 aliphatic heterocycles. The van der Waals surface area contributed by atoms with Crippen LogP contribution in [-0.4, -0.2) is 23.1 Å². The molecule has 0 saturated carbocycles. The van der Waals surface area contributed by atoms with Crippen molar-refractivity contribution in [1.82, 2.24) is 10.9 Å². The highest BCUT2D eigenvalue weighted by molar-refractivity contribution is 5.92. The molecule has 1 heterocycles. The van der Waals surface area contributed by atoms with Crippen LogP contribution >= 0.6 is 0 Å². The van der Waals surface area contributed by atoms with Gasteiger partial charge in [0.25, 0.3) is 0 Å². The van der Waals surface area contributed by atoms with Crippen molar-refractivity contribution in [3.63, 3.8) is 0 Å². The maximum absolute atomic E-state index is 10.6. The van der Waals surface area contributed by atoms with E-state index in [9.17, 15) is 4.79 Å². The molecule has 5 nitrogen and oxygen atoms in total. The van der Waals surface area contributed by atoms with Crippen LogP contribution in [0.15, 0.2) is 4.99 Å². The lowest BCUT2D eigenvalue weighted by Crippen LogP contribution is -2.20. The molecule has 0 aromatic rings. The van der Waals surface area contributed by atoms with E-state index < -0.39 is 12.0 Å². The van der Waals surface area contributed by atoms with Gasteiger partial charge in [0.15, 0.2) is 6.04 Å². The molecule has 12 heavy (non-hydrogen) atoms. The second kappa shape index (κ2) is 3.42. The van der Waals surface area contributed by atoms with Gasteiger partial charge >= 0.3 is 5.97 Å². The summed E-state index contributed by atoms with van der Waals surface area (Å²) in [6.07, 6.45) is 0.572. The van der Waals surface area contributed by atoms with Gasteiger partial charge in [0.1, 0.15) is 0 Å². The molecule has 3 N–H and O–H groups in total. The summed E-state index contributed by atoms with van der Waals surface area (Å²) in [6.45, 7) is 3.95. The topological polar surface area (TPSA) is 93.5 Å². The van der Waals surface area contributed by atoms with E-state index in [-0.39, 0.29) is 0 Å². The number of rotatable bonds is 4. The SMILES string of the molecule is CC(C)C[C@H](N=C1NN1)C(=O)O. The molecule has 0 radical (unpaired) electrons. The average Bonchev–Trinajstić information content (AvgIpc) is 2.68. The maximum atomic E-state index is 10.6. The fraction of sp³-hybridized carbons (Fsp3) is 0.714. The summed E-state index contributed by atoms with van der Waals surface area (Å²) < 4.78 is 0. The first-order chi connectivity index (χ1) is 5.59. The number of carbonyl (C=O) groups is 1. The molecule has 5 heteroatoms. The molecule has 0 aromatic carbocycles. The Morgan fingerprint density at radius 2 is 2.17 bits per heavy atom. The fourth-order valence-corrected chi connectivity index (χ4v) is 0.904. The molecule has 1 fully saturated rings. The van der Waals surface area contributed by atoms with E-state index in [1.165, 1.54) is 0 Å². The third kappa shape index (κ3) is 2.77. The number of carboxylic acids is 1. The van der Waals surface area contributed by atoms with Crippen LogP contribution in [0.1, 0.15) is 20.3 Å². The Balaban J connectivity index is 2.48. The van der Waals surface area contributed by atoms with Crippen molar-refractivity contribution >= 4 is 11.9 Å². The lowest BCUT2D eigenvalue weighted by atomic mass is 10.0. The fourth-order valence-electron chi connectivity index (χ4n) is 0.904. The van der Waals surface area contributed by atoms with Crippen LogP contribution in [-0.2, 0) is 4.79 Å². The predicted octanol–water partition coefficient (Wildman–Crippen LogP) is -0.0505. The molecule has 1 saturated heterocycles. The van der Waals surface area contributed by atoms with E-state index in [4.69, 9.17) is 5.11 Å². The van der Waals surface area contributed by atoms with Gasteiger partial charge in [-0.15, -0.1) is 0 Å². The maximum Gasteiger partial charge on any atom is 0.328 e. The Kier molecular flexibility index (Phi) is 2.52. The molecule has 0 bridgehead atoms. The van der Waals surface area contributed by atoms with Crippen LogP contribution in [0.2, 0.25) is 0 Å². The second-order valence-electron chi connectivity index (χ2n) is 3.21. The average molecular weight is 171 g/mol. The van der Waals surface area contributed by atoms with Crippen molar-refractivity contribution in [2.45, 2.75) is 26.3 Å². The van der Waals surface area contributed by atoms with Gasteiger partial charge in [-0.1, -0.05) is 13.8 Å². The second-order valence-corrected chi connectivity index (χ2v) is 3.21. The first-order valence-electron chi connectivity index (χ1n) is 3.92. The summed E-state index contributed by atoms with van der Waals surface area (Å²) in [4.78, 5) is 14.6. The molecule has 0 unspecified atom stereocenters. The quantitative estimate of drug-likeness (QED) is 0.517. The largest absolute Gasteiger partial charge is 0.480 e. The summed E-state index contributed by atoms with van der Waals surface area (Å²) in [5, 5.41) is 8.74. The smallest absolute Gasteiger partial charge is 0.328 e. The van der Waals surface area contributed by atoms with E-state index in [1.54, 1.807) is 0 Å². The molecule has 1 aliphatic rings. The minimum Gasteiger partial charge on any atom is -0.480 e. The standard InChI is InChI=1S/C7H13N3O2/c1-4(2)3-5(6(11)12)8-7-9-10-7/h4-5H,3H2,1-2H3,(H,11,12)(H2,8,9,10)/t5-/m0/s1. The van der Waals surface area contributed by atoms with Crippen LogP contribution in [0, 0.1) is 5.92 Å². The highest BCUT2D eigenvalue weighted by atomic mass is 16.4. The zero-order valence-corrected chi connectivity index (χ0v) is 7.16. The van der Waals surface area contributed by atoms with Crippen molar-refractivity contribution < 1.29 is 9.90 Å². The zero-order valence-electron chi connectivity index (χ0n) is 7.16. The number of aliphatic imine (C=N–C) groups is 1. The van der Waals surface area contributed by atoms with Gasteiger partial charge in [0.05, 0.1) is 0 Å². The van der Waals surface area contributed by atoms with E-state index in [1.807, 2.05) is 13.8 Å². The van der Waals surface area contributed by atoms with Crippen molar-refractivity contribution in [3.05, 3.63) is 0 Å². The third-order valence-electron chi connectivity index (χ3n) is 1.50. The van der Waals surface area contributed by atoms with E-state index in [0.717, 1.165) is 0 Å². The first kappa shape index (κ1) is 8.83. The highest BCUT2D eigenvalue weighted by Gasteiger charge is 2.21. The minimum absolute atomic E-state index is 0.342. The van der Waals surface area contributed by atoms with Crippen LogP contribution in [0.25, 0.3) is 0 Å². The predicted molar refractivity (Wildman–Crippen MR) is 44.6 cm³/mol. The van der Waals surface area contributed by atoms with Gasteiger partial charge in [-0.3, -0.25) is 10.9 Å². The molecule has 0 amide bonds. The number of hydrazine groups is 1. The molecular formula is C7H13N3O2. The first-order valence-corrected chi connectivity index (χ1v) is 3.92. The number of guanidine groups is 1. The van der Waals surface area contributed by atoms with Gasteiger partial charge < -0.3 is 5.11 Å². The molecular weight excluding hydrogens is 158 g/mol. The summed E-state index contributed by atoms with van der Waals surface area (Å²) in [7, 11) is 0. The Morgan fingerprint density at radius 1 is 1.58 bits per heavy atom. The molecule has 1 rings (SSSR count). The zero-order chi connectivity index (χ0) is 9.14.